The van der Waals surface area contributed by atoms with E-state index in [0.29, 0.717) is 11.3 Å². The van der Waals surface area contributed by atoms with Crippen LogP contribution in [-0.4, -0.2) is 70.0 Å². The maximum atomic E-state index is 13.9. The van der Waals surface area contributed by atoms with Gasteiger partial charge in [-0.3, -0.25) is 4.57 Å². The van der Waals surface area contributed by atoms with Crippen LogP contribution in [0.1, 0.15) is 32.6 Å². The minimum atomic E-state index is -4.71. The Morgan fingerprint density at radius 3 is 1.98 bits per heavy atom. The number of aromatic nitrogens is 3. The third-order valence-corrected chi connectivity index (χ3v) is 6.67. The van der Waals surface area contributed by atoms with E-state index >= 15 is 0 Å². The number of methoxy groups -OCH3 is 1. The summed E-state index contributed by atoms with van der Waals surface area (Å²) in [7, 11) is 1.45. The van der Waals surface area contributed by atoms with Crippen LogP contribution in [0.3, 0.4) is 0 Å². The van der Waals surface area contributed by atoms with Crippen molar-refractivity contribution in [3.63, 3.8) is 0 Å². The number of nitrogens with zero attached hydrogens (tertiary/aromatic N) is 3. The molecule has 1 aliphatic rings. The molecule has 0 amide bonds. The lowest BCUT2D eigenvalue weighted by molar-refractivity contribution is -0.195. The highest BCUT2D eigenvalue weighted by Crippen LogP contribution is 2.36. The lowest BCUT2D eigenvalue weighted by Crippen LogP contribution is -2.53. The molecule has 3 unspecified atom stereocenters. The number of esters is 2. The third-order valence-electron chi connectivity index (χ3n) is 6.67. The summed E-state index contributed by atoms with van der Waals surface area (Å²) < 4.78 is 64.6. The second kappa shape index (κ2) is 12.6. The SMILES string of the molecule is COc1ccc(-c2nnc(C3OCC(O)C(OC(=O)c4ccccc4)[C@@H]3OC(=O)c3ccccc3)n2CC(F)(F)F)cc1. The topological polar surface area (TPSA) is 122 Å². The van der Waals surface area contributed by atoms with Gasteiger partial charge in [-0.25, -0.2) is 9.59 Å². The summed E-state index contributed by atoms with van der Waals surface area (Å²) in [6, 6.07) is 21.8. The van der Waals surface area contributed by atoms with E-state index in [2.05, 4.69) is 10.2 Å². The first kappa shape index (κ1) is 29.7. The molecule has 0 spiro atoms. The molecule has 13 heteroatoms. The summed E-state index contributed by atoms with van der Waals surface area (Å²) in [6.45, 7) is -1.97. The van der Waals surface area contributed by atoms with Crippen LogP contribution in [0.4, 0.5) is 13.2 Å². The number of carbonyl (C=O) groups excluding carboxylic acids is 2. The Labute approximate surface area is 243 Å². The van der Waals surface area contributed by atoms with Crippen molar-refractivity contribution in [2.45, 2.75) is 37.1 Å². The average molecular weight is 598 g/mol. The molecule has 0 bridgehead atoms. The minimum absolute atomic E-state index is 0.116. The highest BCUT2D eigenvalue weighted by molar-refractivity contribution is 5.90. The summed E-state index contributed by atoms with van der Waals surface area (Å²) in [5.41, 5.74) is 0.558. The average Bonchev–Trinajstić information content (AvgIpc) is 3.41. The van der Waals surface area contributed by atoms with Crippen molar-refractivity contribution < 1.29 is 46.8 Å². The first-order valence-electron chi connectivity index (χ1n) is 13.1. The van der Waals surface area contributed by atoms with E-state index in [4.69, 9.17) is 18.9 Å². The van der Waals surface area contributed by atoms with Gasteiger partial charge in [0.15, 0.2) is 30.0 Å². The number of halogens is 3. The molecule has 43 heavy (non-hydrogen) atoms. The Kier molecular flexibility index (Phi) is 8.73. The molecule has 1 saturated heterocycles. The van der Waals surface area contributed by atoms with E-state index in [9.17, 15) is 27.9 Å². The monoisotopic (exact) mass is 597 g/mol. The van der Waals surface area contributed by atoms with Crippen LogP contribution in [0.15, 0.2) is 84.9 Å². The number of hydrogen-bond donors (Lipinski definition) is 1. The second-order valence-electron chi connectivity index (χ2n) is 9.60. The zero-order valence-corrected chi connectivity index (χ0v) is 22.7. The molecule has 4 atom stereocenters. The number of carbonyl (C=O) groups is 2. The van der Waals surface area contributed by atoms with Crippen LogP contribution in [0, 0.1) is 0 Å². The van der Waals surface area contributed by atoms with Crippen molar-refractivity contribution in [3.05, 3.63) is 102 Å². The molecule has 0 aliphatic carbocycles. The Bertz CT molecular complexity index is 1550. The first-order chi connectivity index (χ1) is 20.6. The summed E-state index contributed by atoms with van der Waals surface area (Å²) in [6.07, 6.45) is -10.8. The largest absolute Gasteiger partial charge is 0.497 e. The van der Waals surface area contributed by atoms with E-state index in [1.165, 1.54) is 43.5 Å². The van der Waals surface area contributed by atoms with Crippen LogP contribution in [0.5, 0.6) is 5.75 Å². The predicted molar refractivity (Wildman–Crippen MR) is 144 cm³/mol. The zero-order valence-electron chi connectivity index (χ0n) is 22.7. The third kappa shape index (κ3) is 6.84. The standard InChI is InChI=1S/C30H26F3N3O7/c1-40-21-14-12-18(13-15-21)26-34-35-27(36(26)17-30(31,32)33)25-24(43-29(39)20-10-6-3-7-11-20)23(22(37)16-41-25)42-28(38)19-8-4-2-5-9-19/h2-15,22-25,37H,16-17H2,1H3/t22?,23?,24-,25?/m0/s1. The number of benzene rings is 3. The van der Waals surface area contributed by atoms with Crippen LogP contribution in [0.2, 0.25) is 0 Å². The lowest BCUT2D eigenvalue weighted by atomic mass is 9.98. The number of aliphatic hydroxyl groups excluding tert-OH is 1. The normalized spacial score (nSPS) is 20.3. The van der Waals surface area contributed by atoms with Crippen LogP contribution >= 0.6 is 0 Å². The fourth-order valence-electron chi connectivity index (χ4n) is 4.63. The van der Waals surface area contributed by atoms with Crippen molar-refractivity contribution in [2.24, 2.45) is 0 Å². The van der Waals surface area contributed by atoms with Crippen LogP contribution in [-0.2, 0) is 20.8 Å². The number of hydrogen-bond acceptors (Lipinski definition) is 9. The zero-order chi connectivity index (χ0) is 30.6. The molecule has 10 nitrogen and oxygen atoms in total. The van der Waals surface area contributed by atoms with Crippen molar-refractivity contribution in [1.29, 1.82) is 0 Å². The summed E-state index contributed by atoms with van der Waals surface area (Å²) >= 11 is 0. The van der Waals surface area contributed by atoms with Crippen LogP contribution in [0.25, 0.3) is 11.4 Å². The van der Waals surface area contributed by atoms with Gasteiger partial charge in [0, 0.05) is 5.56 Å². The Hall–Kier alpha value is -4.75. The fourth-order valence-corrected chi connectivity index (χ4v) is 4.63. The molecular weight excluding hydrogens is 571 g/mol. The van der Waals surface area contributed by atoms with Gasteiger partial charge in [-0.2, -0.15) is 13.2 Å². The molecule has 3 aromatic carbocycles. The number of rotatable bonds is 8. The van der Waals surface area contributed by atoms with Gasteiger partial charge in [0.25, 0.3) is 0 Å². The molecule has 0 radical (unpaired) electrons. The van der Waals surface area contributed by atoms with E-state index < -0.39 is 55.7 Å². The Morgan fingerprint density at radius 2 is 1.44 bits per heavy atom. The first-order valence-corrected chi connectivity index (χ1v) is 13.1. The minimum Gasteiger partial charge on any atom is -0.497 e. The molecule has 224 valence electrons. The quantitative estimate of drug-likeness (QED) is 0.295. The second-order valence-corrected chi connectivity index (χ2v) is 9.60. The van der Waals surface area contributed by atoms with Gasteiger partial charge in [0.2, 0.25) is 0 Å². The van der Waals surface area contributed by atoms with Gasteiger partial charge in [0.1, 0.15) is 18.4 Å². The highest BCUT2D eigenvalue weighted by Gasteiger charge is 2.49. The molecular formula is C30H26F3N3O7. The molecule has 4 aromatic rings. The van der Waals surface area contributed by atoms with Gasteiger partial charge in [-0.05, 0) is 48.5 Å². The predicted octanol–water partition coefficient (Wildman–Crippen LogP) is 4.40. The van der Waals surface area contributed by atoms with E-state index in [-0.39, 0.29) is 22.8 Å². The lowest BCUT2D eigenvalue weighted by Gasteiger charge is -2.39. The molecule has 1 aromatic heterocycles. The van der Waals surface area contributed by atoms with E-state index in [1.807, 2.05) is 0 Å². The summed E-state index contributed by atoms with van der Waals surface area (Å²) in [4.78, 5) is 26.2. The number of ether oxygens (including phenoxy) is 4. The van der Waals surface area contributed by atoms with Crippen molar-refractivity contribution >= 4 is 11.9 Å². The maximum absolute atomic E-state index is 13.9. The number of alkyl halides is 3. The Balaban J connectivity index is 1.57. The van der Waals surface area contributed by atoms with Gasteiger partial charge >= 0.3 is 18.1 Å². The maximum Gasteiger partial charge on any atom is 0.406 e. The van der Waals surface area contributed by atoms with Gasteiger partial charge < -0.3 is 24.1 Å². The summed E-state index contributed by atoms with van der Waals surface area (Å²) in [5, 5.41) is 18.9. The molecule has 5 rings (SSSR count). The highest BCUT2D eigenvalue weighted by atomic mass is 19.4. The molecule has 0 saturated carbocycles. The molecule has 1 fully saturated rings. The van der Waals surface area contributed by atoms with E-state index in [1.54, 1.807) is 48.5 Å². The summed E-state index contributed by atoms with van der Waals surface area (Å²) in [5.74, 6) is -1.74. The smallest absolute Gasteiger partial charge is 0.406 e. The van der Waals surface area contributed by atoms with Gasteiger partial charge in [-0.1, -0.05) is 36.4 Å². The Morgan fingerprint density at radius 1 is 0.884 bits per heavy atom. The van der Waals surface area contributed by atoms with E-state index in [0.717, 1.165) is 4.57 Å². The van der Waals surface area contributed by atoms with Crippen LogP contribution < -0.4 is 4.74 Å². The fraction of sp³-hybridized carbons (Fsp3) is 0.267. The van der Waals surface area contributed by atoms with Gasteiger partial charge in [-0.15, -0.1) is 10.2 Å². The van der Waals surface area contributed by atoms with Crippen molar-refractivity contribution in [2.75, 3.05) is 13.7 Å². The molecule has 1 N–H and O–H groups in total. The van der Waals surface area contributed by atoms with Crippen molar-refractivity contribution in [3.8, 4) is 17.1 Å². The molecule has 1 aliphatic heterocycles. The van der Waals surface area contributed by atoms with Gasteiger partial charge in [0.05, 0.1) is 24.8 Å². The van der Waals surface area contributed by atoms with Crippen molar-refractivity contribution in [1.82, 2.24) is 14.8 Å². The number of aliphatic hydroxyl groups is 1. The molecule has 2 heterocycles.